The minimum atomic E-state index is -0.544. The third kappa shape index (κ3) is 1.17. The summed E-state index contributed by atoms with van der Waals surface area (Å²) in [4.78, 5) is 10.6. The number of aliphatic hydroxyl groups is 1. The van der Waals surface area contributed by atoms with E-state index in [1.54, 1.807) is 0 Å². The lowest BCUT2D eigenvalue weighted by Gasteiger charge is -1.99. The number of nitrogens with one attached hydrogen (secondary N) is 2. The summed E-state index contributed by atoms with van der Waals surface area (Å²) in [5.74, 6) is -0.262. The van der Waals surface area contributed by atoms with E-state index in [1.807, 2.05) is 0 Å². The van der Waals surface area contributed by atoms with Crippen LogP contribution in [-0.2, 0) is 4.79 Å². The van der Waals surface area contributed by atoms with E-state index in [0.717, 1.165) is 0 Å². The Labute approximate surface area is 57.2 Å². The van der Waals surface area contributed by atoms with Crippen LogP contribution in [0, 0.1) is 0 Å². The highest BCUT2D eigenvalue weighted by atomic mass is 32.1. The highest BCUT2D eigenvalue weighted by Crippen LogP contribution is 1.89. The molecule has 0 spiro atoms. The molecule has 0 bridgehead atoms. The zero-order chi connectivity index (χ0) is 6.85. The first-order valence-corrected chi connectivity index (χ1v) is 2.87. The first-order chi connectivity index (χ1) is 4.24. The Morgan fingerprint density at radius 2 is 2.44 bits per heavy atom. The van der Waals surface area contributed by atoms with Gasteiger partial charge in [-0.1, -0.05) is 0 Å². The van der Waals surface area contributed by atoms with E-state index < -0.39 is 6.04 Å². The molecule has 0 aliphatic carbocycles. The molecule has 1 aliphatic heterocycles. The predicted octanol–water partition coefficient (Wildman–Crippen LogP) is -1.65. The summed E-state index contributed by atoms with van der Waals surface area (Å²) >= 11 is 4.59. The van der Waals surface area contributed by atoms with Crippen LogP contribution in [0.3, 0.4) is 0 Å². The van der Waals surface area contributed by atoms with Gasteiger partial charge in [0.05, 0.1) is 6.61 Å². The molecule has 0 aromatic carbocycles. The number of carbonyl (C=O) groups excluding carboxylic acids is 1. The standard InChI is InChI=1S/C4H6N2O2S/c7-1-2-3(8)6-4(9)5-2/h2,7H,1H2,(H2,5,6,8,9)/t2-/m0/s1. The van der Waals surface area contributed by atoms with Crippen LogP contribution in [-0.4, -0.2) is 28.8 Å². The van der Waals surface area contributed by atoms with Crippen molar-refractivity contribution in [2.75, 3.05) is 6.61 Å². The van der Waals surface area contributed by atoms with Gasteiger partial charge < -0.3 is 15.7 Å². The SMILES string of the molecule is O=C1NC(=S)N[C@H]1CO. The molecule has 1 heterocycles. The topological polar surface area (TPSA) is 61.4 Å². The van der Waals surface area contributed by atoms with Gasteiger partial charge in [0.15, 0.2) is 5.11 Å². The fraction of sp³-hybridized carbons (Fsp3) is 0.500. The van der Waals surface area contributed by atoms with Crippen molar-refractivity contribution >= 4 is 23.2 Å². The molecule has 1 rings (SSSR count). The molecule has 1 atom stereocenters. The lowest BCUT2D eigenvalue weighted by Crippen LogP contribution is -2.32. The van der Waals surface area contributed by atoms with E-state index in [4.69, 9.17) is 5.11 Å². The van der Waals surface area contributed by atoms with E-state index in [1.165, 1.54) is 0 Å². The molecule has 0 unspecified atom stereocenters. The van der Waals surface area contributed by atoms with Gasteiger partial charge in [0, 0.05) is 0 Å². The smallest absolute Gasteiger partial charge is 0.251 e. The maximum absolute atomic E-state index is 10.6. The van der Waals surface area contributed by atoms with Crippen molar-refractivity contribution in [1.29, 1.82) is 0 Å². The lowest BCUT2D eigenvalue weighted by atomic mass is 10.3. The van der Waals surface area contributed by atoms with Crippen LogP contribution >= 0.6 is 12.2 Å². The van der Waals surface area contributed by atoms with Crippen LogP contribution in [0.2, 0.25) is 0 Å². The third-order valence-corrected chi connectivity index (χ3v) is 1.26. The van der Waals surface area contributed by atoms with Crippen LogP contribution in [0.5, 0.6) is 0 Å². The molecule has 0 aromatic heterocycles. The van der Waals surface area contributed by atoms with Crippen LogP contribution in [0.1, 0.15) is 0 Å². The van der Waals surface area contributed by atoms with Crippen molar-refractivity contribution in [1.82, 2.24) is 10.6 Å². The molecule has 0 saturated carbocycles. The summed E-state index contributed by atoms with van der Waals surface area (Å²) in [6.07, 6.45) is 0. The second kappa shape index (κ2) is 2.28. The van der Waals surface area contributed by atoms with Crippen LogP contribution in [0.25, 0.3) is 0 Å². The van der Waals surface area contributed by atoms with Crippen molar-refractivity contribution in [3.63, 3.8) is 0 Å². The molecular formula is C4H6N2O2S. The lowest BCUT2D eigenvalue weighted by molar-refractivity contribution is -0.120. The fourth-order valence-electron chi connectivity index (χ4n) is 0.587. The van der Waals surface area contributed by atoms with E-state index in [-0.39, 0.29) is 12.5 Å². The van der Waals surface area contributed by atoms with Crippen LogP contribution in [0.15, 0.2) is 0 Å². The van der Waals surface area contributed by atoms with Crippen molar-refractivity contribution in [2.45, 2.75) is 6.04 Å². The number of hydrogen-bond acceptors (Lipinski definition) is 3. The number of rotatable bonds is 1. The predicted molar refractivity (Wildman–Crippen MR) is 34.8 cm³/mol. The highest BCUT2D eigenvalue weighted by molar-refractivity contribution is 7.80. The third-order valence-electron chi connectivity index (χ3n) is 1.04. The van der Waals surface area contributed by atoms with Gasteiger partial charge in [-0.15, -0.1) is 0 Å². The molecule has 1 aliphatic rings. The number of carbonyl (C=O) groups is 1. The van der Waals surface area contributed by atoms with Crippen LogP contribution < -0.4 is 10.6 Å². The van der Waals surface area contributed by atoms with Gasteiger partial charge >= 0.3 is 0 Å². The average molecular weight is 146 g/mol. The fourth-order valence-corrected chi connectivity index (χ4v) is 0.830. The van der Waals surface area contributed by atoms with Crippen molar-refractivity contribution in [3.05, 3.63) is 0 Å². The monoisotopic (exact) mass is 146 g/mol. The van der Waals surface area contributed by atoms with Gasteiger partial charge in [-0.3, -0.25) is 4.79 Å². The molecule has 5 heteroatoms. The molecule has 1 fully saturated rings. The maximum Gasteiger partial charge on any atom is 0.251 e. The van der Waals surface area contributed by atoms with Gasteiger partial charge in [0.1, 0.15) is 6.04 Å². The summed E-state index contributed by atoms with van der Waals surface area (Å²) in [6, 6.07) is -0.544. The summed E-state index contributed by atoms with van der Waals surface area (Å²) in [5.41, 5.74) is 0. The molecule has 0 aromatic rings. The zero-order valence-electron chi connectivity index (χ0n) is 4.55. The van der Waals surface area contributed by atoms with Crippen LogP contribution in [0.4, 0.5) is 0 Å². The highest BCUT2D eigenvalue weighted by Gasteiger charge is 2.25. The van der Waals surface area contributed by atoms with E-state index in [9.17, 15) is 4.79 Å². The second-order valence-electron chi connectivity index (χ2n) is 1.70. The summed E-state index contributed by atoms with van der Waals surface area (Å²) in [5, 5.41) is 13.7. The number of amides is 1. The largest absolute Gasteiger partial charge is 0.394 e. The maximum atomic E-state index is 10.6. The Morgan fingerprint density at radius 1 is 1.78 bits per heavy atom. The van der Waals surface area contributed by atoms with Gasteiger partial charge in [-0.25, -0.2) is 0 Å². The first-order valence-electron chi connectivity index (χ1n) is 2.46. The molecule has 4 nitrogen and oxygen atoms in total. The second-order valence-corrected chi connectivity index (χ2v) is 2.11. The molecule has 3 N–H and O–H groups in total. The molecular weight excluding hydrogens is 140 g/mol. The zero-order valence-corrected chi connectivity index (χ0v) is 5.36. The minimum absolute atomic E-state index is 0.216. The van der Waals surface area contributed by atoms with E-state index in [2.05, 4.69) is 22.9 Å². The summed E-state index contributed by atoms with van der Waals surface area (Å²) < 4.78 is 0. The molecule has 9 heavy (non-hydrogen) atoms. The average Bonchev–Trinajstić information content (AvgIpc) is 2.10. The molecule has 1 amide bonds. The summed E-state index contributed by atoms with van der Waals surface area (Å²) in [7, 11) is 0. The van der Waals surface area contributed by atoms with Crippen molar-refractivity contribution < 1.29 is 9.90 Å². The van der Waals surface area contributed by atoms with Gasteiger partial charge in [-0.05, 0) is 12.2 Å². The number of aliphatic hydroxyl groups excluding tert-OH is 1. The van der Waals surface area contributed by atoms with Gasteiger partial charge in [0.2, 0.25) is 0 Å². The Bertz CT molecular complexity index is 159. The van der Waals surface area contributed by atoms with E-state index >= 15 is 0 Å². The molecule has 0 radical (unpaired) electrons. The minimum Gasteiger partial charge on any atom is -0.394 e. The van der Waals surface area contributed by atoms with Gasteiger partial charge in [0.25, 0.3) is 5.91 Å². The molecule has 50 valence electrons. The molecule has 1 saturated heterocycles. The Balaban J connectivity index is 2.58. The van der Waals surface area contributed by atoms with Crippen molar-refractivity contribution in [3.8, 4) is 0 Å². The first kappa shape index (κ1) is 6.44. The normalized spacial score (nSPS) is 25.7. The van der Waals surface area contributed by atoms with Crippen molar-refractivity contribution in [2.24, 2.45) is 0 Å². The quantitative estimate of drug-likeness (QED) is 0.388. The number of hydrogen-bond donors (Lipinski definition) is 3. The summed E-state index contributed by atoms with van der Waals surface area (Å²) in [6.45, 7) is -0.216. The Kier molecular flexibility index (Phi) is 1.63. The van der Waals surface area contributed by atoms with Gasteiger partial charge in [-0.2, -0.15) is 0 Å². The Morgan fingerprint density at radius 3 is 2.67 bits per heavy atom. The Hall–Kier alpha value is -0.680. The number of thiocarbonyl (C=S) groups is 1. The van der Waals surface area contributed by atoms with E-state index in [0.29, 0.717) is 5.11 Å².